The molecule has 1 aliphatic heterocycles. The quantitative estimate of drug-likeness (QED) is 0.612. The van der Waals surface area contributed by atoms with E-state index >= 15 is 0 Å². The lowest BCUT2D eigenvalue weighted by Crippen LogP contribution is -2.43. The predicted molar refractivity (Wildman–Crippen MR) is 121 cm³/mol. The normalized spacial score (nSPS) is 16.2. The first-order valence-electron chi connectivity index (χ1n) is 10.4. The Morgan fingerprint density at radius 1 is 1.16 bits per heavy atom. The average molecular weight is 437 g/mol. The topological polar surface area (TPSA) is 58.1 Å². The molecular weight excluding hydrogens is 411 g/mol. The molecule has 0 aliphatic carbocycles. The molecule has 3 aromatic rings. The first-order chi connectivity index (χ1) is 15.1. The fourth-order valence-corrected chi connectivity index (χ4v) is 4.56. The third kappa shape index (κ3) is 5.41. The van der Waals surface area contributed by atoms with E-state index < -0.39 is 0 Å². The summed E-state index contributed by atoms with van der Waals surface area (Å²) in [5.74, 6) is 0.286. The highest BCUT2D eigenvalue weighted by Crippen LogP contribution is 2.34. The van der Waals surface area contributed by atoms with Crippen LogP contribution in [0.25, 0.3) is 0 Å². The van der Waals surface area contributed by atoms with Crippen LogP contribution in [0.3, 0.4) is 0 Å². The summed E-state index contributed by atoms with van der Waals surface area (Å²) in [4.78, 5) is 25.1. The molecule has 1 amide bonds. The van der Waals surface area contributed by atoms with E-state index in [1.54, 1.807) is 42.4 Å². The van der Waals surface area contributed by atoms with Gasteiger partial charge < -0.3 is 10.2 Å². The van der Waals surface area contributed by atoms with Gasteiger partial charge in [0, 0.05) is 42.5 Å². The molecule has 2 aromatic carbocycles. The molecule has 1 fully saturated rings. The lowest BCUT2D eigenvalue weighted by Gasteiger charge is -2.33. The molecule has 0 saturated carbocycles. The fraction of sp³-hybridized carbons (Fsp3) is 0.292. The van der Waals surface area contributed by atoms with Crippen molar-refractivity contribution in [2.45, 2.75) is 36.2 Å². The number of piperidine rings is 1. The van der Waals surface area contributed by atoms with E-state index in [1.807, 2.05) is 0 Å². The summed E-state index contributed by atoms with van der Waals surface area (Å²) in [6, 6.07) is 14.8. The van der Waals surface area contributed by atoms with Crippen LogP contribution in [0.4, 0.5) is 10.2 Å². The number of nitrogens with one attached hydrogen (secondary N) is 1. The third-order valence-electron chi connectivity index (χ3n) is 5.38. The van der Waals surface area contributed by atoms with Crippen molar-refractivity contribution in [2.24, 2.45) is 5.92 Å². The number of amides is 1. The van der Waals surface area contributed by atoms with Gasteiger partial charge in [-0.3, -0.25) is 4.79 Å². The van der Waals surface area contributed by atoms with Crippen LogP contribution in [0.1, 0.15) is 24.0 Å². The van der Waals surface area contributed by atoms with Crippen LogP contribution >= 0.6 is 11.8 Å². The second-order valence-electron chi connectivity index (χ2n) is 7.69. The van der Waals surface area contributed by atoms with Crippen LogP contribution in [0.15, 0.2) is 70.8 Å². The molecule has 1 aliphatic rings. The first kappa shape index (κ1) is 21.3. The Balaban J connectivity index is 1.43. The van der Waals surface area contributed by atoms with Crippen molar-refractivity contribution in [3.05, 3.63) is 77.9 Å². The molecule has 4 rings (SSSR count). The van der Waals surface area contributed by atoms with Crippen molar-refractivity contribution < 1.29 is 9.18 Å². The van der Waals surface area contributed by atoms with Crippen LogP contribution in [-0.2, 0) is 11.3 Å². The number of anilines is 1. The van der Waals surface area contributed by atoms with Crippen LogP contribution < -0.4 is 10.2 Å². The molecule has 1 aromatic heterocycles. The molecule has 0 bridgehead atoms. The number of aromatic nitrogens is 2. The summed E-state index contributed by atoms with van der Waals surface area (Å²) in [5, 5.41) is 3.73. The van der Waals surface area contributed by atoms with Crippen LogP contribution in [0.2, 0.25) is 0 Å². The summed E-state index contributed by atoms with van der Waals surface area (Å²) in [6.45, 7) is 3.66. The summed E-state index contributed by atoms with van der Waals surface area (Å²) in [5.41, 5.74) is 1.71. The lowest BCUT2D eigenvalue weighted by molar-refractivity contribution is -0.125. The van der Waals surface area contributed by atoms with Crippen molar-refractivity contribution in [3.8, 4) is 0 Å². The number of carbonyl (C=O) groups is 1. The second kappa shape index (κ2) is 9.92. The summed E-state index contributed by atoms with van der Waals surface area (Å²) >= 11 is 1.58. The number of benzene rings is 2. The van der Waals surface area contributed by atoms with E-state index in [9.17, 15) is 9.18 Å². The molecule has 2 heterocycles. The minimum atomic E-state index is -0.301. The van der Waals surface area contributed by atoms with E-state index in [0.717, 1.165) is 35.1 Å². The molecule has 1 atom stereocenters. The Hall–Kier alpha value is -2.93. The van der Waals surface area contributed by atoms with Gasteiger partial charge in [0.25, 0.3) is 0 Å². The van der Waals surface area contributed by atoms with Gasteiger partial charge in [0.1, 0.15) is 10.8 Å². The zero-order valence-corrected chi connectivity index (χ0v) is 18.2. The smallest absolute Gasteiger partial charge is 0.225 e. The fourth-order valence-electron chi connectivity index (χ4n) is 3.68. The van der Waals surface area contributed by atoms with Gasteiger partial charge in [-0.2, -0.15) is 0 Å². The Morgan fingerprint density at radius 3 is 2.74 bits per heavy atom. The number of aryl methyl sites for hydroxylation is 1. The van der Waals surface area contributed by atoms with Gasteiger partial charge in [0.05, 0.1) is 5.92 Å². The maximum atomic E-state index is 13.8. The zero-order chi connectivity index (χ0) is 21.6. The third-order valence-corrected chi connectivity index (χ3v) is 6.37. The lowest BCUT2D eigenvalue weighted by atomic mass is 9.97. The predicted octanol–water partition coefficient (Wildman–Crippen LogP) is 4.61. The van der Waals surface area contributed by atoms with E-state index in [1.165, 1.54) is 11.6 Å². The summed E-state index contributed by atoms with van der Waals surface area (Å²) < 4.78 is 13.8. The van der Waals surface area contributed by atoms with Crippen molar-refractivity contribution in [2.75, 3.05) is 18.0 Å². The van der Waals surface area contributed by atoms with Gasteiger partial charge in [-0.05, 0) is 38.0 Å². The van der Waals surface area contributed by atoms with Gasteiger partial charge in [0.15, 0.2) is 5.82 Å². The zero-order valence-electron chi connectivity index (χ0n) is 17.4. The highest BCUT2D eigenvalue weighted by molar-refractivity contribution is 7.99. The Morgan fingerprint density at radius 2 is 1.94 bits per heavy atom. The highest BCUT2D eigenvalue weighted by atomic mass is 32.2. The van der Waals surface area contributed by atoms with E-state index in [4.69, 9.17) is 0 Å². The van der Waals surface area contributed by atoms with E-state index in [-0.39, 0.29) is 24.2 Å². The maximum absolute atomic E-state index is 13.8. The molecule has 5 nitrogen and oxygen atoms in total. The molecule has 0 unspecified atom stereocenters. The number of hydrogen-bond donors (Lipinski definition) is 1. The molecule has 1 N–H and O–H groups in total. The Bertz CT molecular complexity index is 1040. The standard InChI is InChI=1S/C24H25FN4OS/c1-17-8-10-20(11-9-17)31-24-22(26-12-13-27-24)29-14-4-6-19(16-29)23(30)28-15-18-5-2-3-7-21(18)25/h2-3,5,7-13,19H,4,6,14-16H2,1H3,(H,28,30)/t19-/m0/s1. The number of halogens is 1. The molecular formula is C24H25FN4OS. The second-order valence-corrected chi connectivity index (χ2v) is 8.76. The minimum Gasteiger partial charge on any atom is -0.354 e. The van der Waals surface area contributed by atoms with Gasteiger partial charge in [-0.15, -0.1) is 0 Å². The van der Waals surface area contributed by atoms with Crippen molar-refractivity contribution in [1.29, 1.82) is 0 Å². The monoisotopic (exact) mass is 436 g/mol. The SMILES string of the molecule is Cc1ccc(Sc2nccnc2N2CCC[C@H](C(=O)NCc3ccccc3F)C2)cc1. The first-order valence-corrected chi connectivity index (χ1v) is 11.2. The molecule has 1 saturated heterocycles. The molecule has 31 heavy (non-hydrogen) atoms. The van der Waals surface area contributed by atoms with Crippen LogP contribution in [-0.4, -0.2) is 29.0 Å². The average Bonchev–Trinajstić information content (AvgIpc) is 2.80. The number of rotatable bonds is 6. The summed E-state index contributed by atoms with van der Waals surface area (Å²) in [7, 11) is 0. The molecule has 160 valence electrons. The molecule has 7 heteroatoms. The number of nitrogens with zero attached hydrogens (tertiary/aromatic N) is 3. The number of hydrogen-bond acceptors (Lipinski definition) is 5. The van der Waals surface area contributed by atoms with Crippen molar-refractivity contribution in [3.63, 3.8) is 0 Å². The van der Waals surface area contributed by atoms with Gasteiger partial charge in [-0.1, -0.05) is 47.7 Å². The summed E-state index contributed by atoms with van der Waals surface area (Å²) in [6.07, 6.45) is 5.09. The van der Waals surface area contributed by atoms with Gasteiger partial charge >= 0.3 is 0 Å². The Labute approximate surface area is 186 Å². The van der Waals surface area contributed by atoms with Crippen LogP contribution in [0, 0.1) is 18.7 Å². The Kier molecular flexibility index (Phi) is 6.82. The van der Waals surface area contributed by atoms with Crippen LogP contribution in [0.5, 0.6) is 0 Å². The molecule has 0 spiro atoms. The van der Waals surface area contributed by atoms with Gasteiger partial charge in [0.2, 0.25) is 5.91 Å². The molecule has 0 radical (unpaired) electrons. The highest BCUT2D eigenvalue weighted by Gasteiger charge is 2.28. The van der Waals surface area contributed by atoms with Crippen molar-refractivity contribution in [1.82, 2.24) is 15.3 Å². The van der Waals surface area contributed by atoms with E-state index in [2.05, 4.69) is 51.4 Å². The van der Waals surface area contributed by atoms with Crippen molar-refractivity contribution >= 4 is 23.5 Å². The minimum absolute atomic E-state index is 0.0513. The maximum Gasteiger partial charge on any atom is 0.225 e. The largest absolute Gasteiger partial charge is 0.354 e. The number of carbonyl (C=O) groups excluding carboxylic acids is 1. The van der Waals surface area contributed by atoms with E-state index in [0.29, 0.717) is 12.1 Å². The van der Waals surface area contributed by atoms with Gasteiger partial charge in [-0.25, -0.2) is 14.4 Å².